The van der Waals surface area contributed by atoms with E-state index in [2.05, 4.69) is 30.8 Å². The van der Waals surface area contributed by atoms with Gasteiger partial charge in [0.1, 0.15) is 11.6 Å². The van der Waals surface area contributed by atoms with E-state index in [0.717, 1.165) is 19.3 Å². The summed E-state index contributed by atoms with van der Waals surface area (Å²) in [5.74, 6) is -1.46. The first-order valence-corrected chi connectivity index (χ1v) is 14.9. The molecule has 12 heteroatoms. The maximum absolute atomic E-state index is 14.8. The van der Waals surface area contributed by atoms with Gasteiger partial charge in [-0.15, -0.1) is 0 Å². The fourth-order valence-corrected chi connectivity index (χ4v) is 5.93. The molecule has 0 spiro atoms. The molecule has 9 nitrogen and oxygen atoms in total. The molecule has 230 valence electrons. The molecule has 1 fully saturated rings. The molecule has 0 saturated heterocycles. The number of aliphatic imine (C=N–C) groups is 1. The topological polar surface area (TPSA) is 118 Å². The van der Waals surface area contributed by atoms with Crippen LogP contribution in [0.5, 0.6) is 0 Å². The molecule has 3 aromatic carbocycles. The molecule has 2 heterocycles. The molecule has 1 amide bonds. The van der Waals surface area contributed by atoms with Crippen molar-refractivity contribution in [3.63, 3.8) is 0 Å². The molecule has 2 unspecified atom stereocenters. The summed E-state index contributed by atoms with van der Waals surface area (Å²) in [4.78, 5) is 28.5. The Labute approximate surface area is 264 Å². The smallest absolute Gasteiger partial charge is 0.229 e. The van der Waals surface area contributed by atoms with E-state index in [-0.39, 0.29) is 35.6 Å². The summed E-state index contributed by atoms with van der Waals surface area (Å²) in [5.41, 5.74) is 3.58. The summed E-state index contributed by atoms with van der Waals surface area (Å²) >= 11 is 6.31. The van der Waals surface area contributed by atoms with Crippen molar-refractivity contribution in [2.45, 2.75) is 31.8 Å². The molecule has 0 radical (unpaired) electrons. The summed E-state index contributed by atoms with van der Waals surface area (Å²) in [5, 5.41) is 17.4. The fraction of sp³-hybridized carbons (Fsp3) is 0.242. The predicted octanol–water partition coefficient (Wildman–Crippen LogP) is 6.36. The number of guanidine groups is 1. The number of carbonyl (C=O) groups excluding carboxylic acids is 1. The van der Waals surface area contributed by atoms with Gasteiger partial charge in [0.05, 0.1) is 23.5 Å². The van der Waals surface area contributed by atoms with E-state index >= 15 is 0 Å². The van der Waals surface area contributed by atoms with Gasteiger partial charge in [-0.3, -0.25) is 20.5 Å². The van der Waals surface area contributed by atoms with Crippen molar-refractivity contribution in [3.8, 4) is 11.3 Å². The molecule has 2 aliphatic rings. The first kappa shape index (κ1) is 30.3. The Morgan fingerprint density at radius 1 is 1.00 bits per heavy atom. The van der Waals surface area contributed by atoms with E-state index in [1.165, 1.54) is 18.2 Å². The van der Waals surface area contributed by atoms with Crippen molar-refractivity contribution in [1.82, 2.24) is 20.2 Å². The lowest BCUT2D eigenvalue weighted by atomic mass is 9.95. The van der Waals surface area contributed by atoms with E-state index in [0.29, 0.717) is 50.8 Å². The molecule has 0 bridgehead atoms. The van der Waals surface area contributed by atoms with Crippen LogP contribution in [0, 0.1) is 23.0 Å². The number of carbonyl (C=O) groups is 1. The van der Waals surface area contributed by atoms with Crippen LogP contribution in [0.25, 0.3) is 11.3 Å². The molecular weight excluding hydrogens is 598 g/mol. The number of halogens is 3. The maximum Gasteiger partial charge on any atom is 0.229 e. The monoisotopic (exact) mass is 628 g/mol. The summed E-state index contributed by atoms with van der Waals surface area (Å²) in [6, 6.07) is 16.3. The van der Waals surface area contributed by atoms with E-state index in [9.17, 15) is 13.6 Å². The number of nitrogens with one attached hydrogen (secondary N) is 4. The highest BCUT2D eigenvalue weighted by Gasteiger charge is 2.31. The van der Waals surface area contributed by atoms with Gasteiger partial charge in [0, 0.05) is 51.2 Å². The number of anilines is 3. The SMILES string of the molecule is CN(C)C1CCC(C(=O)NC(=N)Nc2ccc(Nc3ncc4c(n3)-c3ccc(Cl)cc3C(c3c(F)cccc3F)=NC4)cc2)C1. The van der Waals surface area contributed by atoms with Gasteiger partial charge in [-0.25, -0.2) is 18.7 Å². The van der Waals surface area contributed by atoms with Gasteiger partial charge in [-0.1, -0.05) is 23.7 Å². The number of rotatable bonds is 6. The molecule has 1 saturated carbocycles. The van der Waals surface area contributed by atoms with E-state index < -0.39 is 11.6 Å². The molecule has 1 aliphatic heterocycles. The molecule has 4 N–H and O–H groups in total. The van der Waals surface area contributed by atoms with Crippen LogP contribution in [0.3, 0.4) is 0 Å². The minimum Gasteiger partial charge on any atom is -0.326 e. The lowest BCUT2D eigenvalue weighted by molar-refractivity contribution is -0.123. The molecule has 1 aliphatic carbocycles. The van der Waals surface area contributed by atoms with Crippen LogP contribution < -0.4 is 16.0 Å². The van der Waals surface area contributed by atoms with Crippen molar-refractivity contribution in [1.29, 1.82) is 5.41 Å². The minimum atomic E-state index is -0.721. The largest absolute Gasteiger partial charge is 0.326 e. The van der Waals surface area contributed by atoms with Crippen molar-refractivity contribution in [2.75, 3.05) is 24.7 Å². The van der Waals surface area contributed by atoms with Crippen molar-refractivity contribution < 1.29 is 13.6 Å². The molecule has 4 aromatic rings. The zero-order chi connectivity index (χ0) is 31.7. The van der Waals surface area contributed by atoms with Gasteiger partial charge in [0.2, 0.25) is 11.9 Å². The van der Waals surface area contributed by atoms with Crippen LogP contribution in [0.4, 0.5) is 26.1 Å². The lowest BCUT2D eigenvalue weighted by Crippen LogP contribution is -2.39. The van der Waals surface area contributed by atoms with E-state index in [1.54, 1.807) is 48.7 Å². The van der Waals surface area contributed by atoms with E-state index in [4.69, 9.17) is 22.0 Å². The molecule has 2 atom stereocenters. The van der Waals surface area contributed by atoms with Crippen molar-refractivity contribution in [3.05, 3.63) is 100 Å². The van der Waals surface area contributed by atoms with Crippen LogP contribution in [-0.2, 0) is 11.3 Å². The normalized spacial score (nSPS) is 17.2. The second kappa shape index (κ2) is 12.7. The summed E-state index contributed by atoms with van der Waals surface area (Å²) in [6.07, 6.45) is 4.20. The lowest BCUT2D eigenvalue weighted by Gasteiger charge is -2.19. The summed E-state index contributed by atoms with van der Waals surface area (Å²) < 4.78 is 29.6. The van der Waals surface area contributed by atoms with Crippen LogP contribution in [0.2, 0.25) is 5.02 Å². The van der Waals surface area contributed by atoms with Crippen LogP contribution in [-0.4, -0.2) is 52.6 Å². The average molecular weight is 629 g/mol. The Morgan fingerprint density at radius 2 is 1.73 bits per heavy atom. The van der Waals surface area contributed by atoms with Gasteiger partial charge in [-0.05, 0) is 81.9 Å². The number of hydrogen-bond acceptors (Lipinski definition) is 7. The third kappa shape index (κ3) is 6.54. The van der Waals surface area contributed by atoms with E-state index in [1.807, 2.05) is 14.1 Å². The molecule has 6 rings (SSSR count). The Morgan fingerprint density at radius 3 is 2.44 bits per heavy atom. The number of amides is 1. The highest BCUT2D eigenvalue weighted by molar-refractivity contribution is 6.31. The predicted molar refractivity (Wildman–Crippen MR) is 172 cm³/mol. The number of nitrogens with zero attached hydrogens (tertiary/aromatic N) is 4. The first-order valence-electron chi connectivity index (χ1n) is 14.5. The third-order valence-corrected chi connectivity index (χ3v) is 8.36. The summed E-state index contributed by atoms with van der Waals surface area (Å²) in [6.45, 7) is 0.116. The average Bonchev–Trinajstić information content (AvgIpc) is 3.46. The zero-order valence-electron chi connectivity index (χ0n) is 24.7. The highest BCUT2D eigenvalue weighted by atomic mass is 35.5. The van der Waals surface area contributed by atoms with Gasteiger partial charge in [-0.2, -0.15) is 0 Å². The molecule has 45 heavy (non-hydrogen) atoms. The Balaban J connectivity index is 1.16. The van der Waals surface area contributed by atoms with Gasteiger partial charge < -0.3 is 15.5 Å². The number of fused-ring (bicyclic) bond motifs is 3. The highest BCUT2D eigenvalue weighted by Crippen LogP contribution is 2.35. The fourth-order valence-electron chi connectivity index (χ4n) is 5.75. The zero-order valence-corrected chi connectivity index (χ0v) is 25.4. The number of benzene rings is 3. The van der Waals surface area contributed by atoms with Crippen molar-refractivity contribution in [2.24, 2.45) is 10.9 Å². The summed E-state index contributed by atoms with van der Waals surface area (Å²) in [7, 11) is 4.04. The standard InChI is InChI=1S/C33H31ClF2N8O/c1-44(2)23-12-6-18(14-23)31(45)43-32(37)40-21-8-10-22(11-9-21)41-33-39-17-19-16-38-30(28-26(35)4-3-5-27(28)36)25-15-20(34)7-13-24(25)29(19)42-33/h3-5,7-11,13,15,17-18,23H,6,12,14,16H2,1-2H3,(H,39,41,42)(H3,37,40,43,45). The van der Waals surface area contributed by atoms with Crippen molar-refractivity contribution >= 4 is 46.5 Å². The van der Waals surface area contributed by atoms with Crippen LogP contribution in [0.1, 0.15) is 36.0 Å². The number of hydrogen-bond donors (Lipinski definition) is 4. The van der Waals surface area contributed by atoms with Crippen LogP contribution in [0.15, 0.2) is 71.9 Å². The Bertz CT molecular complexity index is 1790. The quantitative estimate of drug-likeness (QED) is 0.146. The second-order valence-electron chi connectivity index (χ2n) is 11.3. The van der Waals surface area contributed by atoms with Gasteiger partial charge in [0.15, 0.2) is 5.96 Å². The third-order valence-electron chi connectivity index (χ3n) is 8.13. The minimum absolute atomic E-state index is 0.0845. The Hall–Kier alpha value is -4.74. The van der Waals surface area contributed by atoms with Gasteiger partial charge in [0.25, 0.3) is 0 Å². The first-order chi connectivity index (χ1) is 21.7. The second-order valence-corrected chi connectivity index (χ2v) is 11.8. The molecule has 1 aromatic heterocycles. The van der Waals surface area contributed by atoms with Gasteiger partial charge >= 0.3 is 0 Å². The molecular formula is C33H31ClF2N8O. The maximum atomic E-state index is 14.8. The Kier molecular flexibility index (Phi) is 8.55. The number of aromatic nitrogens is 2. The van der Waals surface area contributed by atoms with Crippen LogP contribution >= 0.6 is 11.6 Å².